The second-order valence-corrected chi connectivity index (χ2v) is 7.27. The van der Waals surface area contributed by atoms with Crippen LogP contribution in [-0.2, 0) is 0 Å². The number of anilines is 1. The molecule has 0 saturated carbocycles. The van der Waals surface area contributed by atoms with Gasteiger partial charge in [0.05, 0.1) is 11.4 Å². The molecule has 7 nitrogen and oxygen atoms in total. The van der Waals surface area contributed by atoms with Gasteiger partial charge in [0.1, 0.15) is 0 Å². The quantitative estimate of drug-likeness (QED) is 0.570. The van der Waals surface area contributed by atoms with Crippen LogP contribution in [0.15, 0.2) is 48.5 Å². The summed E-state index contributed by atoms with van der Waals surface area (Å²) in [6.45, 7) is 5.90. The van der Waals surface area contributed by atoms with Crippen LogP contribution in [-0.4, -0.2) is 30.3 Å². The third-order valence-corrected chi connectivity index (χ3v) is 4.94. The Morgan fingerprint density at radius 1 is 1.04 bits per heavy atom. The van der Waals surface area contributed by atoms with Gasteiger partial charge < -0.3 is 0 Å². The van der Waals surface area contributed by atoms with E-state index in [-0.39, 0.29) is 5.91 Å². The summed E-state index contributed by atoms with van der Waals surface area (Å²) in [6, 6.07) is 15.4. The maximum Gasteiger partial charge on any atom is 0.257 e. The lowest BCUT2D eigenvalue weighted by Gasteiger charge is -2.03. The van der Waals surface area contributed by atoms with Gasteiger partial charge in [0.15, 0.2) is 11.5 Å². The fourth-order valence-electron chi connectivity index (χ4n) is 2.79. The van der Waals surface area contributed by atoms with E-state index in [9.17, 15) is 4.79 Å². The van der Waals surface area contributed by atoms with Crippen molar-refractivity contribution in [1.29, 1.82) is 0 Å². The molecule has 0 fully saturated rings. The Morgan fingerprint density at radius 2 is 1.82 bits per heavy atom. The van der Waals surface area contributed by atoms with Crippen LogP contribution in [0.1, 0.15) is 27.2 Å². The van der Waals surface area contributed by atoms with Crippen molar-refractivity contribution < 1.29 is 4.79 Å². The first-order valence-electron chi connectivity index (χ1n) is 8.73. The summed E-state index contributed by atoms with van der Waals surface area (Å²) in [5, 5.41) is 11.7. The molecule has 0 aliphatic heterocycles. The van der Waals surface area contributed by atoms with E-state index in [1.165, 1.54) is 5.56 Å². The number of hydrogen-bond acceptors (Lipinski definition) is 6. The molecular weight excluding hydrogens is 372 g/mol. The lowest BCUT2D eigenvalue weighted by molar-refractivity contribution is 0.102. The number of nitrogens with zero attached hydrogens (tertiary/aromatic N) is 5. The van der Waals surface area contributed by atoms with Gasteiger partial charge in [0, 0.05) is 17.1 Å². The second kappa shape index (κ2) is 7.32. The van der Waals surface area contributed by atoms with Gasteiger partial charge in [-0.05, 0) is 45.0 Å². The van der Waals surface area contributed by atoms with E-state index in [1.54, 1.807) is 10.7 Å². The molecule has 0 aliphatic carbocycles. The number of nitrogens with one attached hydrogen (secondary N) is 1. The van der Waals surface area contributed by atoms with Crippen LogP contribution in [0.3, 0.4) is 0 Å². The van der Waals surface area contributed by atoms with Gasteiger partial charge in [0.2, 0.25) is 5.13 Å². The molecule has 28 heavy (non-hydrogen) atoms. The highest BCUT2D eigenvalue weighted by atomic mass is 32.1. The van der Waals surface area contributed by atoms with Crippen LogP contribution in [0, 0.1) is 20.8 Å². The standard InChI is InChI=1S/C20H18N6OS/c1-12-7-9-16(10-8-12)26-14(3)17(23-25-26)18-21-20(28-24-18)22-19(27)15-6-4-5-13(2)11-15/h4-11H,1-3H3,(H,21,22,24,27). The predicted octanol–water partition coefficient (Wildman–Crippen LogP) is 3.96. The Kier molecular flexibility index (Phi) is 4.70. The SMILES string of the molecule is Cc1ccc(-n2nnc(-c3nsc(NC(=O)c4cccc(C)c4)n3)c2C)cc1. The highest BCUT2D eigenvalue weighted by Crippen LogP contribution is 2.24. The molecule has 0 spiro atoms. The normalized spacial score (nSPS) is 10.8. The molecule has 2 aromatic heterocycles. The number of carbonyl (C=O) groups is 1. The van der Waals surface area contributed by atoms with Crippen molar-refractivity contribution in [2.75, 3.05) is 5.32 Å². The fourth-order valence-corrected chi connectivity index (χ4v) is 3.36. The zero-order chi connectivity index (χ0) is 19.7. The lowest BCUT2D eigenvalue weighted by atomic mass is 10.1. The van der Waals surface area contributed by atoms with Crippen molar-refractivity contribution in [3.8, 4) is 17.2 Å². The molecule has 8 heteroatoms. The van der Waals surface area contributed by atoms with Gasteiger partial charge in [-0.15, -0.1) is 5.10 Å². The van der Waals surface area contributed by atoms with E-state index in [4.69, 9.17) is 0 Å². The van der Waals surface area contributed by atoms with Crippen LogP contribution < -0.4 is 5.32 Å². The van der Waals surface area contributed by atoms with E-state index in [1.807, 2.05) is 63.2 Å². The summed E-state index contributed by atoms with van der Waals surface area (Å²) in [4.78, 5) is 16.8. The Hall–Kier alpha value is -3.39. The molecule has 0 atom stereocenters. The molecule has 2 aromatic carbocycles. The first kappa shape index (κ1) is 18.0. The average molecular weight is 390 g/mol. The van der Waals surface area contributed by atoms with Crippen molar-refractivity contribution in [2.45, 2.75) is 20.8 Å². The van der Waals surface area contributed by atoms with Crippen molar-refractivity contribution in [3.63, 3.8) is 0 Å². The number of aromatic nitrogens is 5. The molecule has 4 aromatic rings. The average Bonchev–Trinajstić information content (AvgIpc) is 3.29. The Balaban J connectivity index is 1.56. The molecule has 0 bridgehead atoms. The van der Waals surface area contributed by atoms with Crippen LogP contribution in [0.2, 0.25) is 0 Å². The molecular formula is C20H18N6OS. The lowest BCUT2D eigenvalue weighted by Crippen LogP contribution is -2.11. The van der Waals surface area contributed by atoms with Crippen molar-refractivity contribution >= 4 is 22.6 Å². The third-order valence-electron chi connectivity index (χ3n) is 4.31. The minimum atomic E-state index is -0.216. The van der Waals surface area contributed by atoms with Gasteiger partial charge in [-0.3, -0.25) is 10.1 Å². The summed E-state index contributed by atoms with van der Waals surface area (Å²) in [7, 11) is 0. The van der Waals surface area contributed by atoms with Gasteiger partial charge >= 0.3 is 0 Å². The molecule has 0 radical (unpaired) electrons. The van der Waals surface area contributed by atoms with Gasteiger partial charge in [0.25, 0.3) is 5.91 Å². The largest absolute Gasteiger partial charge is 0.297 e. The maximum atomic E-state index is 12.4. The highest BCUT2D eigenvalue weighted by Gasteiger charge is 2.18. The van der Waals surface area contributed by atoms with Crippen LogP contribution in [0.4, 0.5) is 5.13 Å². The molecule has 2 heterocycles. The molecule has 140 valence electrons. The molecule has 1 N–H and O–H groups in total. The second-order valence-electron chi connectivity index (χ2n) is 6.52. The van der Waals surface area contributed by atoms with Crippen LogP contribution >= 0.6 is 11.5 Å². The smallest absolute Gasteiger partial charge is 0.257 e. The van der Waals surface area contributed by atoms with Gasteiger partial charge in [-0.25, -0.2) is 4.68 Å². The van der Waals surface area contributed by atoms with E-state index < -0.39 is 0 Å². The summed E-state index contributed by atoms with van der Waals surface area (Å²) in [6.07, 6.45) is 0. The Labute approximate surface area is 166 Å². The first-order valence-corrected chi connectivity index (χ1v) is 9.50. The molecule has 4 rings (SSSR count). The van der Waals surface area contributed by atoms with Gasteiger partial charge in [-0.1, -0.05) is 40.6 Å². The van der Waals surface area contributed by atoms with E-state index in [2.05, 4.69) is 25.0 Å². The van der Waals surface area contributed by atoms with E-state index >= 15 is 0 Å². The zero-order valence-electron chi connectivity index (χ0n) is 15.7. The fraction of sp³-hybridized carbons (Fsp3) is 0.150. The van der Waals surface area contributed by atoms with Crippen molar-refractivity contribution in [1.82, 2.24) is 24.4 Å². The summed E-state index contributed by atoms with van der Waals surface area (Å²) in [5.41, 5.74) is 5.13. The van der Waals surface area contributed by atoms with Crippen LogP contribution in [0.5, 0.6) is 0 Å². The monoisotopic (exact) mass is 390 g/mol. The van der Waals surface area contributed by atoms with E-state index in [0.717, 1.165) is 28.5 Å². The number of benzene rings is 2. The van der Waals surface area contributed by atoms with Crippen molar-refractivity contribution in [2.24, 2.45) is 0 Å². The van der Waals surface area contributed by atoms with E-state index in [0.29, 0.717) is 22.2 Å². The van der Waals surface area contributed by atoms with Crippen LogP contribution in [0.25, 0.3) is 17.2 Å². The minimum Gasteiger partial charge on any atom is -0.297 e. The Morgan fingerprint density at radius 3 is 2.57 bits per heavy atom. The highest BCUT2D eigenvalue weighted by molar-refractivity contribution is 7.10. The number of rotatable bonds is 4. The summed E-state index contributed by atoms with van der Waals surface area (Å²) < 4.78 is 6.08. The van der Waals surface area contributed by atoms with Crippen molar-refractivity contribution in [3.05, 3.63) is 70.9 Å². The summed E-state index contributed by atoms with van der Waals surface area (Å²) >= 11 is 1.12. The Bertz CT molecular complexity index is 1150. The molecule has 0 unspecified atom stereocenters. The molecule has 0 aliphatic rings. The number of amides is 1. The molecule has 1 amide bonds. The number of aryl methyl sites for hydroxylation is 2. The minimum absolute atomic E-state index is 0.216. The third kappa shape index (κ3) is 3.54. The molecule has 0 saturated heterocycles. The van der Waals surface area contributed by atoms with Gasteiger partial charge in [-0.2, -0.15) is 9.36 Å². The predicted molar refractivity (Wildman–Crippen MR) is 109 cm³/mol. The zero-order valence-corrected chi connectivity index (χ0v) is 16.5. The number of hydrogen-bond donors (Lipinski definition) is 1. The first-order chi connectivity index (χ1) is 13.5. The topological polar surface area (TPSA) is 85.6 Å². The number of carbonyl (C=O) groups excluding carboxylic acids is 1. The maximum absolute atomic E-state index is 12.4. The summed E-state index contributed by atoms with van der Waals surface area (Å²) in [5.74, 6) is 0.229.